The summed E-state index contributed by atoms with van der Waals surface area (Å²) in [6.45, 7) is 5.86. The van der Waals surface area contributed by atoms with Gasteiger partial charge in [0.1, 0.15) is 0 Å². The molecule has 0 aromatic heterocycles. The molecule has 1 N–H and O–H groups in total. The second kappa shape index (κ2) is 10.9. The average molecular weight is 294 g/mol. The second-order valence-electron chi connectivity index (χ2n) is 5.97. The highest BCUT2D eigenvalue weighted by molar-refractivity contribution is 7.53. The SMILES string of the molecule is CCCCCCCCCCCC(C(C)C)P(=O)(O)F. The predicted molar refractivity (Wildman–Crippen MR) is 81.4 cm³/mol. The Morgan fingerprint density at radius 2 is 1.37 bits per heavy atom. The van der Waals surface area contributed by atoms with Gasteiger partial charge in [0.15, 0.2) is 0 Å². The van der Waals surface area contributed by atoms with Crippen LogP contribution in [0.1, 0.15) is 85.0 Å². The van der Waals surface area contributed by atoms with Gasteiger partial charge in [0.25, 0.3) is 0 Å². The fourth-order valence-electron chi connectivity index (χ4n) is 2.52. The molecule has 0 aliphatic carbocycles. The molecule has 4 heteroatoms. The van der Waals surface area contributed by atoms with Crippen molar-refractivity contribution in [1.82, 2.24) is 0 Å². The summed E-state index contributed by atoms with van der Waals surface area (Å²) >= 11 is 0. The van der Waals surface area contributed by atoms with Gasteiger partial charge in [-0.3, -0.25) is 4.57 Å². The lowest BCUT2D eigenvalue weighted by Gasteiger charge is -2.20. The molecule has 0 radical (unpaired) electrons. The van der Waals surface area contributed by atoms with Crippen LogP contribution in [-0.4, -0.2) is 10.6 Å². The molecule has 19 heavy (non-hydrogen) atoms. The van der Waals surface area contributed by atoms with Crippen LogP contribution < -0.4 is 0 Å². The molecule has 0 aliphatic heterocycles. The van der Waals surface area contributed by atoms with Gasteiger partial charge in [-0.1, -0.05) is 78.6 Å². The lowest BCUT2D eigenvalue weighted by Crippen LogP contribution is -2.14. The van der Waals surface area contributed by atoms with Gasteiger partial charge in [-0.15, -0.1) is 0 Å². The van der Waals surface area contributed by atoms with Gasteiger partial charge >= 0.3 is 7.68 Å². The van der Waals surface area contributed by atoms with Crippen LogP contribution in [0.2, 0.25) is 0 Å². The molecule has 0 aromatic carbocycles. The Bertz CT molecular complexity index is 251. The highest BCUT2D eigenvalue weighted by Gasteiger charge is 2.32. The molecule has 0 fully saturated rings. The molecular formula is C15H32FO2P. The normalized spacial score (nSPS) is 16.5. The van der Waals surface area contributed by atoms with Gasteiger partial charge in [0.05, 0.1) is 5.66 Å². The van der Waals surface area contributed by atoms with Gasteiger partial charge < -0.3 is 4.89 Å². The summed E-state index contributed by atoms with van der Waals surface area (Å²) in [7, 11) is -4.41. The molecule has 2 nitrogen and oxygen atoms in total. The van der Waals surface area contributed by atoms with E-state index in [-0.39, 0.29) is 5.92 Å². The van der Waals surface area contributed by atoms with Crippen molar-refractivity contribution in [3.05, 3.63) is 0 Å². The smallest absolute Gasteiger partial charge is 0.321 e. The van der Waals surface area contributed by atoms with Crippen LogP contribution in [0.5, 0.6) is 0 Å². The zero-order chi connectivity index (χ0) is 14.7. The molecule has 0 bridgehead atoms. The van der Waals surface area contributed by atoms with Crippen molar-refractivity contribution < 1.29 is 13.7 Å². The Balaban J connectivity index is 3.54. The molecule has 0 saturated heterocycles. The molecular weight excluding hydrogens is 262 g/mol. The Labute approximate surface area is 118 Å². The summed E-state index contributed by atoms with van der Waals surface area (Å²) in [6.07, 6.45) is 11.4. The maximum absolute atomic E-state index is 13.2. The number of unbranched alkanes of at least 4 members (excludes halogenated alkanes) is 8. The first-order chi connectivity index (χ1) is 8.89. The molecule has 0 amide bonds. The molecule has 2 unspecified atom stereocenters. The minimum absolute atomic E-state index is 0.0603. The van der Waals surface area contributed by atoms with Crippen molar-refractivity contribution >= 4 is 7.68 Å². The molecule has 0 aromatic rings. The Hall–Kier alpha value is 0.120. The van der Waals surface area contributed by atoms with Crippen LogP contribution in [-0.2, 0) is 4.57 Å². The molecule has 0 heterocycles. The summed E-state index contributed by atoms with van der Waals surface area (Å²) in [5.74, 6) is -0.0603. The standard InChI is InChI=1S/C15H32FO2P/c1-4-5-6-7-8-9-10-11-12-13-15(14(2)3)19(16,17)18/h14-15H,4-13H2,1-3H3,(H,17,18). The monoisotopic (exact) mass is 294 g/mol. The third-order valence-electron chi connectivity index (χ3n) is 3.78. The maximum atomic E-state index is 13.2. The molecule has 0 rings (SSSR count). The fraction of sp³-hybridized carbons (Fsp3) is 1.00. The van der Waals surface area contributed by atoms with Crippen molar-refractivity contribution in [3.8, 4) is 0 Å². The number of rotatable bonds is 12. The van der Waals surface area contributed by atoms with E-state index in [4.69, 9.17) is 4.89 Å². The minimum Gasteiger partial charge on any atom is -0.321 e. The molecule has 116 valence electrons. The van der Waals surface area contributed by atoms with Crippen LogP contribution in [0.15, 0.2) is 0 Å². The zero-order valence-corrected chi connectivity index (χ0v) is 13.8. The topological polar surface area (TPSA) is 37.3 Å². The lowest BCUT2D eigenvalue weighted by molar-refractivity contribution is 0.379. The largest absolute Gasteiger partial charge is 0.368 e. The van der Waals surface area contributed by atoms with E-state index in [1.165, 1.54) is 44.9 Å². The first-order valence-corrected chi connectivity index (χ1v) is 9.53. The summed E-state index contributed by atoms with van der Waals surface area (Å²) in [4.78, 5) is 9.06. The third-order valence-corrected chi connectivity index (χ3v) is 5.45. The van der Waals surface area contributed by atoms with Gasteiger partial charge in [-0.25, -0.2) is 0 Å². The van der Waals surface area contributed by atoms with Gasteiger partial charge in [0.2, 0.25) is 0 Å². The van der Waals surface area contributed by atoms with Crippen molar-refractivity contribution in [2.45, 2.75) is 90.6 Å². The number of hydrogen-bond donors (Lipinski definition) is 1. The predicted octanol–water partition coefficient (Wildman–Crippen LogP) is 6.09. The van der Waals surface area contributed by atoms with E-state index < -0.39 is 13.3 Å². The summed E-state index contributed by atoms with van der Waals surface area (Å²) < 4.78 is 24.3. The Morgan fingerprint density at radius 3 is 1.74 bits per heavy atom. The first-order valence-electron chi connectivity index (χ1n) is 7.91. The van der Waals surface area contributed by atoms with Gasteiger partial charge in [-0.05, 0) is 12.3 Å². The number of hydrogen-bond acceptors (Lipinski definition) is 1. The van der Waals surface area contributed by atoms with Crippen LogP contribution in [0.3, 0.4) is 0 Å². The molecule has 0 spiro atoms. The third kappa shape index (κ3) is 10.6. The lowest BCUT2D eigenvalue weighted by atomic mass is 10.0. The van der Waals surface area contributed by atoms with E-state index in [1.807, 2.05) is 13.8 Å². The summed E-state index contributed by atoms with van der Waals surface area (Å²) in [5, 5.41) is 0. The summed E-state index contributed by atoms with van der Waals surface area (Å²) in [5.41, 5.74) is -0.669. The minimum atomic E-state index is -4.41. The Kier molecular flexibility index (Phi) is 10.9. The van der Waals surface area contributed by atoms with Crippen LogP contribution in [0, 0.1) is 5.92 Å². The van der Waals surface area contributed by atoms with E-state index in [2.05, 4.69) is 6.92 Å². The van der Waals surface area contributed by atoms with E-state index in [0.29, 0.717) is 6.42 Å². The van der Waals surface area contributed by atoms with Crippen LogP contribution >= 0.6 is 7.68 Å². The highest BCUT2D eigenvalue weighted by atomic mass is 31.2. The average Bonchev–Trinajstić information content (AvgIpc) is 2.29. The van der Waals surface area contributed by atoms with Gasteiger partial charge in [0, 0.05) is 0 Å². The Morgan fingerprint density at radius 1 is 0.947 bits per heavy atom. The number of halogens is 1. The molecule has 0 aliphatic rings. The zero-order valence-electron chi connectivity index (χ0n) is 12.9. The van der Waals surface area contributed by atoms with E-state index >= 15 is 0 Å². The van der Waals surface area contributed by atoms with Crippen LogP contribution in [0.4, 0.5) is 4.20 Å². The van der Waals surface area contributed by atoms with Crippen molar-refractivity contribution in [2.75, 3.05) is 0 Å². The quantitative estimate of drug-likeness (QED) is 0.349. The fourth-order valence-corrected chi connectivity index (χ4v) is 3.76. The molecule has 2 atom stereocenters. The van der Waals surface area contributed by atoms with Crippen molar-refractivity contribution in [1.29, 1.82) is 0 Å². The van der Waals surface area contributed by atoms with Crippen LogP contribution in [0.25, 0.3) is 0 Å². The van der Waals surface area contributed by atoms with Crippen molar-refractivity contribution in [3.63, 3.8) is 0 Å². The van der Waals surface area contributed by atoms with Gasteiger partial charge in [-0.2, -0.15) is 4.20 Å². The first kappa shape index (κ1) is 19.1. The maximum Gasteiger partial charge on any atom is 0.368 e. The van der Waals surface area contributed by atoms with Crippen molar-refractivity contribution in [2.24, 2.45) is 5.92 Å². The molecule has 0 saturated carbocycles. The highest BCUT2D eigenvalue weighted by Crippen LogP contribution is 2.52. The van der Waals surface area contributed by atoms with E-state index in [1.54, 1.807) is 0 Å². The van der Waals surface area contributed by atoms with E-state index in [0.717, 1.165) is 12.8 Å². The van der Waals surface area contributed by atoms with E-state index in [9.17, 15) is 8.76 Å². The second-order valence-corrected chi connectivity index (χ2v) is 7.73. The summed E-state index contributed by atoms with van der Waals surface area (Å²) in [6, 6.07) is 0.